The molecule has 2 N–H and O–H groups in total. The summed E-state index contributed by atoms with van der Waals surface area (Å²) in [5, 5.41) is 6.94. The summed E-state index contributed by atoms with van der Waals surface area (Å²) in [6.07, 6.45) is 2.09. The first-order chi connectivity index (χ1) is 11.1. The molecule has 25 heavy (non-hydrogen) atoms. The molecule has 0 radical (unpaired) electrons. The molecule has 0 saturated carbocycles. The van der Waals surface area contributed by atoms with Crippen LogP contribution in [-0.4, -0.2) is 46.0 Å². The molecule has 0 atom stereocenters. The standard InChI is InChI=1S/C17H28ClN3O2S.HI/c1-5-19-16(20-9-10-24(4,22)23)21-13-17(2,3)12-14-7-6-8-15(18)11-14;/h6-8,11H,5,9-10,12-13H2,1-4H3,(H2,19,20,21);1H. The van der Waals surface area contributed by atoms with Gasteiger partial charge in [-0.15, -0.1) is 24.0 Å². The first-order valence-corrected chi connectivity index (χ1v) is 10.5. The Balaban J connectivity index is 0.00000576. The van der Waals surface area contributed by atoms with Crippen LogP contribution in [0.25, 0.3) is 0 Å². The van der Waals surface area contributed by atoms with Gasteiger partial charge in [0.2, 0.25) is 0 Å². The maximum Gasteiger partial charge on any atom is 0.191 e. The molecular weight excluding hydrogens is 473 g/mol. The molecule has 5 nitrogen and oxygen atoms in total. The summed E-state index contributed by atoms with van der Waals surface area (Å²) < 4.78 is 22.4. The lowest BCUT2D eigenvalue weighted by molar-refractivity contribution is 0.377. The minimum Gasteiger partial charge on any atom is -0.357 e. The van der Waals surface area contributed by atoms with E-state index in [1.807, 2.05) is 25.1 Å². The molecule has 0 aliphatic heterocycles. The molecule has 0 unspecified atom stereocenters. The van der Waals surface area contributed by atoms with E-state index in [1.165, 1.54) is 11.8 Å². The van der Waals surface area contributed by atoms with E-state index in [0.717, 1.165) is 18.0 Å². The van der Waals surface area contributed by atoms with Gasteiger partial charge in [-0.3, -0.25) is 4.99 Å². The summed E-state index contributed by atoms with van der Waals surface area (Å²) >= 11 is 6.04. The van der Waals surface area contributed by atoms with Crippen molar-refractivity contribution in [3.8, 4) is 0 Å². The zero-order valence-corrected chi connectivity index (χ0v) is 19.2. The van der Waals surface area contributed by atoms with Crippen LogP contribution in [0.15, 0.2) is 29.3 Å². The van der Waals surface area contributed by atoms with E-state index in [9.17, 15) is 8.42 Å². The Labute approximate surface area is 174 Å². The predicted octanol–water partition coefficient (Wildman–Crippen LogP) is 3.13. The largest absolute Gasteiger partial charge is 0.357 e. The van der Waals surface area contributed by atoms with Gasteiger partial charge in [-0.25, -0.2) is 8.42 Å². The molecule has 0 saturated heterocycles. The molecule has 1 rings (SSSR count). The molecule has 0 bridgehead atoms. The normalized spacial score (nSPS) is 12.4. The van der Waals surface area contributed by atoms with Crippen LogP contribution in [0.2, 0.25) is 5.02 Å². The number of benzene rings is 1. The molecule has 0 fully saturated rings. The van der Waals surface area contributed by atoms with Crippen molar-refractivity contribution in [2.45, 2.75) is 27.2 Å². The smallest absolute Gasteiger partial charge is 0.191 e. The lowest BCUT2D eigenvalue weighted by atomic mass is 9.86. The number of aliphatic imine (C=N–C) groups is 1. The van der Waals surface area contributed by atoms with Crippen molar-refractivity contribution in [3.63, 3.8) is 0 Å². The van der Waals surface area contributed by atoms with Gasteiger partial charge in [0, 0.05) is 30.9 Å². The Hall–Kier alpha value is -0.540. The van der Waals surface area contributed by atoms with E-state index in [1.54, 1.807) is 0 Å². The Bertz CT molecular complexity index is 664. The molecule has 1 aromatic carbocycles. The van der Waals surface area contributed by atoms with Gasteiger partial charge in [-0.05, 0) is 36.5 Å². The average molecular weight is 502 g/mol. The van der Waals surface area contributed by atoms with Gasteiger partial charge in [0.15, 0.2) is 5.96 Å². The van der Waals surface area contributed by atoms with Gasteiger partial charge >= 0.3 is 0 Å². The number of nitrogens with zero attached hydrogens (tertiary/aromatic N) is 1. The molecule has 0 amide bonds. The quantitative estimate of drug-likeness (QED) is 0.326. The average Bonchev–Trinajstić information content (AvgIpc) is 2.43. The summed E-state index contributed by atoms with van der Waals surface area (Å²) in [6, 6.07) is 7.86. The van der Waals surface area contributed by atoms with Gasteiger partial charge in [0.1, 0.15) is 9.84 Å². The number of nitrogens with one attached hydrogen (secondary N) is 2. The third kappa shape index (κ3) is 11.6. The Morgan fingerprint density at radius 3 is 2.52 bits per heavy atom. The lowest BCUT2D eigenvalue weighted by Crippen LogP contribution is -2.40. The van der Waals surface area contributed by atoms with Crippen molar-refractivity contribution in [3.05, 3.63) is 34.9 Å². The number of sulfone groups is 1. The molecule has 0 aliphatic carbocycles. The second-order valence-corrected chi connectivity index (χ2v) is 9.42. The van der Waals surface area contributed by atoms with E-state index in [0.29, 0.717) is 19.0 Å². The molecule has 1 aromatic rings. The highest BCUT2D eigenvalue weighted by atomic mass is 127. The molecule has 0 heterocycles. The zero-order chi connectivity index (χ0) is 18.2. The second-order valence-electron chi connectivity index (χ2n) is 6.72. The van der Waals surface area contributed by atoms with Crippen molar-refractivity contribution in [2.75, 3.05) is 31.6 Å². The maximum absolute atomic E-state index is 11.2. The van der Waals surface area contributed by atoms with Crippen LogP contribution < -0.4 is 10.6 Å². The summed E-state index contributed by atoms with van der Waals surface area (Å²) in [5.74, 6) is 0.726. The highest BCUT2D eigenvalue weighted by molar-refractivity contribution is 14.0. The van der Waals surface area contributed by atoms with Gasteiger partial charge in [-0.2, -0.15) is 0 Å². The number of rotatable bonds is 8. The van der Waals surface area contributed by atoms with Crippen molar-refractivity contribution >= 4 is 51.4 Å². The molecule has 0 spiro atoms. The third-order valence-corrected chi connectivity index (χ3v) is 4.53. The van der Waals surface area contributed by atoms with Gasteiger partial charge in [0.05, 0.1) is 5.75 Å². The van der Waals surface area contributed by atoms with Crippen LogP contribution in [0.3, 0.4) is 0 Å². The topological polar surface area (TPSA) is 70.6 Å². The fourth-order valence-corrected chi connectivity index (χ4v) is 2.93. The first-order valence-electron chi connectivity index (χ1n) is 8.06. The van der Waals surface area contributed by atoms with Gasteiger partial charge in [0.25, 0.3) is 0 Å². The van der Waals surface area contributed by atoms with Crippen molar-refractivity contribution in [1.82, 2.24) is 10.6 Å². The van der Waals surface area contributed by atoms with Crippen LogP contribution in [-0.2, 0) is 16.3 Å². The third-order valence-electron chi connectivity index (χ3n) is 3.35. The number of hydrogen-bond donors (Lipinski definition) is 2. The zero-order valence-electron chi connectivity index (χ0n) is 15.3. The maximum atomic E-state index is 11.2. The van der Waals surface area contributed by atoms with E-state index < -0.39 is 9.84 Å². The fraction of sp³-hybridized carbons (Fsp3) is 0.588. The summed E-state index contributed by atoms with van der Waals surface area (Å²) in [5.41, 5.74) is 1.14. The van der Waals surface area contributed by atoms with E-state index in [4.69, 9.17) is 11.6 Å². The predicted molar refractivity (Wildman–Crippen MR) is 118 cm³/mol. The first kappa shape index (κ1) is 24.5. The summed E-state index contributed by atoms with van der Waals surface area (Å²) in [7, 11) is -2.98. The minimum atomic E-state index is -2.98. The van der Waals surface area contributed by atoms with E-state index in [-0.39, 0.29) is 35.1 Å². The monoisotopic (exact) mass is 501 g/mol. The molecular formula is C17H29ClIN3O2S. The molecule has 144 valence electrons. The highest BCUT2D eigenvalue weighted by Crippen LogP contribution is 2.23. The minimum absolute atomic E-state index is 0. The van der Waals surface area contributed by atoms with Crippen LogP contribution >= 0.6 is 35.6 Å². The van der Waals surface area contributed by atoms with Crippen LogP contribution in [0.4, 0.5) is 0 Å². The van der Waals surface area contributed by atoms with Crippen LogP contribution in [0, 0.1) is 5.41 Å². The number of halogens is 2. The van der Waals surface area contributed by atoms with Gasteiger partial charge < -0.3 is 10.6 Å². The Morgan fingerprint density at radius 1 is 1.28 bits per heavy atom. The fourth-order valence-electron chi connectivity index (χ4n) is 2.25. The number of guanidine groups is 1. The number of hydrogen-bond acceptors (Lipinski definition) is 3. The summed E-state index contributed by atoms with van der Waals surface area (Å²) in [4.78, 5) is 4.59. The molecule has 8 heteroatoms. The van der Waals surface area contributed by atoms with Crippen LogP contribution in [0.5, 0.6) is 0 Å². The lowest BCUT2D eigenvalue weighted by Gasteiger charge is -2.23. The van der Waals surface area contributed by atoms with Crippen molar-refractivity contribution < 1.29 is 8.42 Å². The van der Waals surface area contributed by atoms with E-state index >= 15 is 0 Å². The highest BCUT2D eigenvalue weighted by Gasteiger charge is 2.18. The second kappa shape index (κ2) is 11.2. The van der Waals surface area contributed by atoms with E-state index in [2.05, 4.69) is 35.5 Å². The van der Waals surface area contributed by atoms with Gasteiger partial charge in [-0.1, -0.05) is 37.6 Å². The van der Waals surface area contributed by atoms with Crippen molar-refractivity contribution in [2.24, 2.45) is 10.4 Å². The Morgan fingerprint density at radius 2 is 1.96 bits per heavy atom. The summed E-state index contributed by atoms with van der Waals surface area (Å²) in [6.45, 7) is 7.96. The van der Waals surface area contributed by atoms with Crippen molar-refractivity contribution in [1.29, 1.82) is 0 Å². The molecule has 0 aromatic heterocycles. The SMILES string of the molecule is CCNC(=NCC(C)(C)Cc1cccc(Cl)c1)NCCS(C)(=O)=O.I. The molecule has 0 aliphatic rings. The van der Waals surface area contributed by atoms with Crippen LogP contribution in [0.1, 0.15) is 26.3 Å². The Kier molecular flexibility index (Phi) is 11.0.